The molecule has 0 bridgehead atoms. The molecule has 7 heteroatoms. The second-order valence-electron chi connectivity index (χ2n) is 5.81. The highest BCUT2D eigenvalue weighted by molar-refractivity contribution is 5.83. The van der Waals surface area contributed by atoms with Gasteiger partial charge in [0.05, 0.1) is 12.6 Å². The van der Waals surface area contributed by atoms with Crippen molar-refractivity contribution in [3.05, 3.63) is 11.6 Å². The van der Waals surface area contributed by atoms with E-state index in [9.17, 15) is 4.79 Å². The number of carbonyl (C=O) groups excluding carboxylic acids is 1. The summed E-state index contributed by atoms with van der Waals surface area (Å²) in [6.07, 6.45) is 2.70. The van der Waals surface area contributed by atoms with Gasteiger partial charge in [-0.05, 0) is 12.8 Å². The van der Waals surface area contributed by atoms with Crippen LogP contribution in [0, 0.1) is 0 Å². The van der Waals surface area contributed by atoms with Crippen LogP contribution in [0.2, 0.25) is 0 Å². The Morgan fingerprint density at radius 3 is 3.00 bits per heavy atom. The highest BCUT2D eigenvalue weighted by Gasteiger charge is 2.37. The van der Waals surface area contributed by atoms with Gasteiger partial charge in [-0.2, -0.15) is 5.10 Å². The number of ether oxygens (including phenoxy) is 1. The number of nitrogens with zero attached hydrogens (tertiary/aromatic N) is 4. The zero-order valence-electron chi connectivity index (χ0n) is 12.7. The molecule has 0 radical (unpaired) electrons. The van der Waals surface area contributed by atoms with Crippen molar-refractivity contribution in [2.75, 3.05) is 33.3 Å². The van der Waals surface area contributed by atoms with E-state index in [4.69, 9.17) is 4.74 Å². The molecule has 3 rings (SSSR count). The molecule has 2 fully saturated rings. The molecule has 7 nitrogen and oxygen atoms in total. The molecule has 21 heavy (non-hydrogen) atoms. The lowest BCUT2D eigenvalue weighted by atomic mass is 10.1. The molecule has 0 unspecified atom stereocenters. The van der Waals surface area contributed by atoms with E-state index in [1.807, 2.05) is 7.05 Å². The first kappa shape index (κ1) is 14.5. The summed E-state index contributed by atoms with van der Waals surface area (Å²) in [5.74, 6) is 1.84. The van der Waals surface area contributed by atoms with Crippen LogP contribution in [0.25, 0.3) is 0 Å². The molecule has 2 atom stereocenters. The maximum absolute atomic E-state index is 12.1. The lowest BCUT2D eigenvalue weighted by Gasteiger charge is -2.34. The van der Waals surface area contributed by atoms with Crippen LogP contribution in [0.3, 0.4) is 0 Å². The van der Waals surface area contributed by atoms with E-state index >= 15 is 0 Å². The number of amides is 1. The van der Waals surface area contributed by atoms with Crippen LogP contribution in [-0.2, 0) is 16.0 Å². The van der Waals surface area contributed by atoms with Crippen molar-refractivity contribution >= 4 is 5.91 Å². The second-order valence-corrected chi connectivity index (χ2v) is 5.81. The van der Waals surface area contributed by atoms with Crippen LogP contribution in [-0.4, -0.2) is 70.2 Å². The highest BCUT2D eigenvalue weighted by Crippen LogP contribution is 2.24. The highest BCUT2D eigenvalue weighted by atomic mass is 16.5. The number of morpholine rings is 1. The zero-order valence-corrected chi connectivity index (χ0v) is 12.7. The Hall–Kier alpha value is -1.47. The quantitative estimate of drug-likeness (QED) is 0.867. The fraction of sp³-hybridized carbons (Fsp3) is 0.786. The van der Waals surface area contributed by atoms with Gasteiger partial charge in [0, 0.05) is 33.1 Å². The van der Waals surface area contributed by atoms with Crippen LogP contribution < -0.4 is 0 Å². The van der Waals surface area contributed by atoms with Crippen LogP contribution in [0.15, 0.2) is 0 Å². The molecule has 1 aromatic rings. The number of nitrogens with one attached hydrogen (secondary N) is 1. The van der Waals surface area contributed by atoms with Gasteiger partial charge in [-0.25, -0.2) is 4.98 Å². The third-order valence-corrected chi connectivity index (χ3v) is 4.26. The Morgan fingerprint density at radius 2 is 2.29 bits per heavy atom. The van der Waals surface area contributed by atoms with Crippen molar-refractivity contribution in [3.8, 4) is 0 Å². The molecular formula is C14H23N5O2. The number of aromatic nitrogens is 3. The SMILES string of the molecule is CCCc1nc([C@@H]2CN([C@@H]3CCN(C)C3=O)CCO2)n[nH]1. The summed E-state index contributed by atoms with van der Waals surface area (Å²) >= 11 is 0. The topological polar surface area (TPSA) is 74.3 Å². The number of carbonyl (C=O) groups is 1. The predicted octanol–water partition coefficient (Wildman–Crippen LogP) is 0.361. The summed E-state index contributed by atoms with van der Waals surface area (Å²) in [4.78, 5) is 20.7. The third kappa shape index (κ3) is 2.94. The first-order valence-electron chi connectivity index (χ1n) is 7.71. The number of hydrogen-bond donors (Lipinski definition) is 1. The predicted molar refractivity (Wildman–Crippen MR) is 76.7 cm³/mol. The summed E-state index contributed by atoms with van der Waals surface area (Å²) in [6.45, 7) is 5.06. The number of likely N-dealkylation sites (tertiary alicyclic amines) is 1. The van der Waals surface area contributed by atoms with E-state index in [2.05, 4.69) is 27.0 Å². The summed E-state index contributed by atoms with van der Waals surface area (Å²) in [6, 6.07) is -0.00421. The summed E-state index contributed by atoms with van der Waals surface area (Å²) < 4.78 is 5.80. The van der Waals surface area contributed by atoms with Gasteiger partial charge in [0.1, 0.15) is 11.9 Å². The van der Waals surface area contributed by atoms with Gasteiger partial charge in [-0.15, -0.1) is 0 Å². The van der Waals surface area contributed by atoms with Crippen LogP contribution in [0.4, 0.5) is 0 Å². The Labute approximate surface area is 124 Å². The first-order valence-corrected chi connectivity index (χ1v) is 7.71. The van der Waals surface area contributed by atoms with E-state index in [1.54, 1.807) is 4.90 Å². The van der Waals surface area contributed by atoms with Crippen molar-refractivity contribution in [3.63, 3.8) is 0 Å². The number of hydrogen-bond acceptors (Lipinski definition) is 5. The minimum Gasteiger partial charge on any atom is -0.367 e. The normalized spacial score (nSPS) is 27.5. The maximum Gasteiger partial charge on any atom is 0.239 e. The molecule has 1 aromatic heterocycles. The minimum atomic E-state index is -0.140. The van der Waals surface area contributed by atoms with E-state index in [0.717, 1.165) is 38.2 Å². The number of likely N-dealkylation sites (N-methyl/N-ethyl adjacent to an activating group) is 1. The van der Waals surface area contributed by atoms with E-state index in [1.165, 1.54) is 0 Å². The Kier molecular flexibility index (Phi) is 4.21. The fourth-order valence-corrected chi connectivity index (χ4v) is 3.05. The number of aryl methyl sites for hydroxylation is 1. The van der Waals surface area contributed by atoms with Gasteiger partial charge in [0.2, 0.25) is 5.91 Å². The molecule has 2 aliphatic rings. The van der Waals surface area contributed by atoms with Crippen molar-refractivity contribution in [1.82, 2.24) is 25.0 Å². The number of rotatable bonds is 4. The van der Waals surface area contributed by atoms with Crippen molar-refractivity contribution < 1.29 is 9.53 Å². The van der Waals surface area contributed by atoms with Crippen molar-refractivity contribution in [2.45, 2.75) is 38.3 Å². The van der Waals surface area contributed by atoms with Crippen molar-refractivity contribution in [1.29, 1.82) is 0 Å². The number of aromatic amines is 1. The molecular weight excluding hydrogens is 270 g/mol. The fourth-order valence-electron chi connectivity index (χ4n) is 3.05. The largest absolute Gasteiger partial charge is 0.367 e. The lowest BCUT2D eigenvalue weighted by Crippen LogP contribution is -2.48. The molecule has 1 amide bonds. The van der Waals surface area contributed by atoms with Gasteiger partial charge >= 0.3 is 0 Å². The van der Waals surface area contributed by atoms with E-state index in [0.29, 0.717) is 19.0 Å². The molecule has 116 valence electrons. The molecule has 0 saturated carbocycles. The van der Waals surface area contributed by atoms with Gasteiger partial charge in [0.25, 0.3) is 0 Å². The van der Waals surface area contributed by atoms with Crippen LogP contribution >= 0.6 is 0 Å². The summed E-state index contributed by atoms with van der Waals surface area (Å²) in [7, 11) is 1.87. The Bertz CT molecular complexity index is 503. The van der Waals surface area contributed by atoms with Gasteiger partial charge in [0.15, 0.2) is 5.82 Å². The smallest absolute Gasteiger partial charge is 0.239 e. The molecule has 0 aromatic carbocycles. The molecule has 2 saturated heterocycles. The minimum absolute atomic E-state index is 0.00421. The molecule has 0 aliphatic carbocycles. The van der Waals surface area contributed by atoms with E-state index in [-0.39, 0.29) is 18.1 Å². The third-order valence-electron chi connectivity index (χ3n) is 4.26. The first-order chi connectivity index (χ1) is 10.2. The average molecular weight is 293 g/mol. The molecule has 3 heterocycles. The zero-order chi connectivity index (χ0) is 14.8. The van der Waals surface area contributed by atoms with Gasteiger partial charge in [-0.3, -0.25) is 14.8 Å². The average Bonchev–Trinajstić information content (AvgIpc) is 3.08. The van der Waals surface area contributed by atoms with Gasteiger partial charge < -0.3 is 9.64 Å². The van der Waals surface area contributed by atoms with Crippen molar-refractivity contribution in [2.24, 2.45) is 0 Å². The molecule has 0 spiro atoms. The summed E-state index contributed by atoms with van der Waals surface area (Å²) in [5.41, 5.74) is 0. The van der Waals surface area contributed by atoms with Gasteiger partial charge in [-0.1, -0.05) is 6.92 Å². The Balaban J connectivity index is 1.66. The molecule has 2 aliphatic heterocycles. The second kappa shape index (κ2) is 6.11. The monoisotopic (exact) mass is 293 g/mol. The van der Waals surface area contributed by atoms with Crippen LogP contribution in [0.5, 0.6) is 0 Å². The summed E-state index contributed by atoms with van der Waals surface area (Å²) in [5, 5.41) is 7.24. The maximum atomic E-state index is 12.1. The standard InChI is InChI=1S/C14H23N5O2/c1-3-4-12-15-13(17-16-12)11-9-19(7-8-21-11)10-5-6-18(2)14(10)20/h10-11H,3-9H2,1-2H3,(H,15,16,17)/t10-,11+/m1/s1. The molecule has 1 N–H and O–H groups in total. The number of H-pyrrole nitrogens is 1. The lowest BCUT2D eigenvalue weighted by molar-refractivity contribution is -0.134. The van der Waals surface area contributed by atoms with Crippen LogP contribution in [0.1, 0.15) is 37.5 Å². The van der Waals surface area contributed by atoms with E-state index < -0.39 is 0 Å². The Morgan fingerprint density at radius 1 is 1.43 bits per heavy atom.